The average molecular weight is 378 g/mol. The third-order valence-electron chi connectivity index (χ3n) is 5.24. The molecule has 3 aromatic carbocycles. The lowest BCUT2D eigenvalue weighted by Crippen LogP contribution is -2.26. The third-order valence-corrected chi connectivity index (χ3v) is 5.24. The maximum absolute atomic E-state index is 10.1. The Labute approximate surface area is 163 Å². The molecule has 0 radical (unpaired) electrons. The summed E-state index contributed by atoms with van der Waals surface area (Å²) in [6, 6.07) is 18.3. The van der Waals surface area contributed by atoms with Crippen molar-refractivity contribution in [3.8, 4) is 28.7 Å². The molecule has 3 aromatic rings. The number of phenolic OH excluding ortho intramolecular Hbond substituents is 2. The molecular weight excluding hydrogens is 356 g/mol. The van der Waals surface area contributed by atoms with Crippen molar-refractivity contribution in [3.63, 3.8) is 0 Å². The quantitative estimate of drug-likeness (QED) is 0.703. The zero-order valence-electron chi connectivity index (χ0n) is 15.8. The largest absolute Gasteiger partial charge is 0.508 e. The summed E-state index contributed by atoms with van der Waals surface area (Å²) < 4.78 is 17.3. The summed E-state index contributed by atoms with van der Waals surface area (Å²) >= 11 is 0. The molecule has 2 N–H and O–H groups in total. The van der Waals surface area contributed by atoms with Gasteiger partial charge in [-0.1, -0.05) is 30.3 Å². The first-order valence-electron chi connectivity index (χ1n) is 9.08. The molecular formula is C23H22O5. The first kappa shape index (κ1) is 18.0. The molecule has 2 atom stereocenters. The molecule has 28 heavy (non-hydrogen) atoms. The lowest BCUT2D eigenvalue weighted by Gasteiger charge is -2.35. The molecule has 2 unspecified atom stereocenters. The van der Waals surface area contributed by atoms with Crippen LogP contribution in [0.5, 0.6) is 28.7 Å². The van der Waals surface area contributed by atoms with Gasteiger partial charge in [0.2, 0.25) is 0 Å². The Kier molecular flexibility index (Phi) is 4.74. The summed E-state index contributed by atoms with van der Waals surface area (Å²) in [4.78, 5) is 0. The van der Waals surface area contributed by atoms with Gasteiger partial charge >= 0.3 is 0 Å². The van der Waals surface area contributed by atoms with E-state index in [0.29, 0.717) is 18.1 Å². The molecule has 0 saturated carbocycles. The van der Waals surface area contributed by atoms with Crippen LogP contribution in [0.1, 0.15) is 28.5 Å². The predicted molar refractivity (Wildman–Crippen MR) is 106 cm³/mol. The SMILES string of the molecule is COc1cc(O)cc(OC)c1C1c2ccccc2OCC1c1ccc(O)cc1. The number of para-hydroxylation sites is 1. The Morgan fingerprint density at radius 1 is 0.857 bits per heavy atom. The van der Waals surface area contributed by atoms with Crippen molar-refractivity contribution in [1.82, 2.24) is 0 Å². The fourth-order valence-corrected chi connectivity index (χ4v) is 3.96. The average Bonchev–Trinajstić information content (AvgIpc) is 2.73. The first-order chi connectivity index (χ1) is 13.6. The van der Waals surface area contributed by atoms with Crippen molar-refractivity contribution in [3.05, 3.63) is 77.4 Å². The highest BCUT2D eigenvalue weighted by molar-refractivity contribution is 5.59. The molecule has 0 aliphatic carbocycles. The fourth-order valence-electron chi connectivity index (χ4n) is 3.96. The van der Waals surface area contributed by atoms with Gasteiger partial charge in [0.15, 0.2) is 0 Å². The Balaban J connectivity index is 1.95. The highest BCUT2D eigenvalue weighted by Crippen LogP contribution is 2.52. The van der Waals surface area contributed by atoms with Crippen LogP contribution >= 0.6 is 0 Å². The van der Waals surface area contributed by atoms with E-state index >= 15 is 0 Å². The van der Waals surface area contributed by atoms with Crippen molar-refractivity contribution in [1.29, 1.82) is 0 Å². The standard InChI is InChI=1S/C23H22O5/c1-26-20-11-16(25)12-21(27-2)23(20)22-17-5-3-4-6-19(17)28-13-18(22)14-7-9-15(24)10-8-14/h3-12,18,22,24-25H,13H2,1-2H3. The second-order valence-electron chi connectivity index (χ2n) is 6.79. The highest BCUT2D eigenvalue weighted by Gasteiger charge is 2.37. The smallest absolute Gasteiger partial charge is 0.130 e. The summed E-state index contributed by atoms with van der Waals surface area (Å²) in [5, 5.41) is 19.8. The zero-order valence-corrected chi connectivity index (χ0v) is 15.8. The van der Waals surface area contributed by atoms with Gasteiger partial charge in [0, 0.05) is 35.1 Å². The number of phenols is 2. The lowest BCUT2D eigenvalue weighted by molar-refractivity contribution is 0.245. The highest BCUT2D eigenvalue weighted by atomic mass is 16.5. The molecule has 4 rings (SSSR count). The van der Waals surface area contributed by atoms with Crippen LogP contribution in [0.15, 0.2) is 60.7 Å². The van der Waals surface area contributed by atoms with Crippen LogP contribution in [-0.4, -0.2) is 31.0 Å². The van der Waals surface area contributed by atoms with Crippen LogP contribution in [0.2, 0.25) is 0 Å². The predicted octanol–water partition coefficient (Wildman–Crippen LogP) is 4.42. The molecule has 1 aliphatic rings. The van der Waals surface area contributed by atoms with Crippen molar-refractivity contribution in [2.24, 2.45) is 0 Å². The molecule has 0 saturated heterocycles. The molecule has 5 heteroatoms. The minimum Gasteiger partial charge on any atom is -0.508 e. The Bertz CT molecular complexity index is 956. The van der Waals surface area contributed by atoms with Gasteiger partial charge in [-0.25, -0.2) is 0 Å². The van der Waals surface area contributed by atoms with E-state index in [4.69, 9.17) is 14.2 Å². The zero-order chi connectivity index (χ0) is 19.7. The van der Waals surface area contributed by atoms with Crippen LogP contribution in [0, 0.1) is 0 Å². The molecule has 0 fully saturated rings. The van der Waals surface area contributed by atoms with E-state index in [2.05, 4.69) is 0 Å². The Morgan fingerprint density at radius 2 is 1.50 bits per heavy atom. The Morgan fingerprint density at radius 3 is 2.14 bits per heavy atom. The number of hydrogen-bond acceptors (Lipinski definition) is 5. The van der Waals surface area contributed by atoms with E-state index in [-0.39, 0.29) is 23.3 Å². The van der Waals surface area contributed by atoms with Gasteiger partial charge in [0.1, 0.15) is 28.7 Å². The number of fused-ring (bicyclic) bond motifs is 1. The van der Waals surface area contributed by atoms with E-state index in [9.17, 15) is 10.2 Å². The second kappa shape index (κ2) is 7.35. The summed E-state index contributed by atoms with van der Waals surface area (Å²) in [6.07, 6.45) is 0. The topological polar surface area (TPSA) is 68.2 Å². The van der Waals surface area contributed by atoms with E-state index < -0.39 is 0 Å². The van der Waals surface area contributed by atoms with Gasteiger partial charge < -0.3 is 24.4 Å². The van der Waals surface area contributed by atoms with E-state index in [1.807, 2.05) is 36.4 Å². The molecule has 0 spiro atoms. The molecule has 0 amide bonds. The van der Waals surface area contributed by atoms with E-state index in [1.165, 1.54) is 0 Å². The van der Waals surface area contributed by atoms with Crippen molar-refractivity contribution >= 4 is 0 Å². The van der Waals surface area contributed by atoms with Crippen LogP contribution < -0.4 is 14.2 Å². The first-order valence-corrected chi connectivity index (χ1v) is 9.08. The number of methoxy groups -OCH3 is 2. The normalized spacial score (nSPS) is 18.1. The van der Waals surface area contributed by atoms with Crippen molar-refractivity contribution in [2.75, 3.05) is 20.8 Å². The fraction of sp³-hybridized carbons (Fsp3) is 0.217. The van der Waals surface area contributed by atoms with Gasteiger partial charge in [0.25, 0.3) is 0 Å². The molecule has 1 heterocycles. The summed E-state index contributed by atoms with van der Waals surface area (Å²) in [5.74, 6) is 2.10. The van der Waals surface area contributed by atoms with Crippen molar-refractivity contribution in [2.45, 2.75) is 11.8 Å². The minimum absolute atomic E-state index is 0.0251. The minimum atomic E-state index is -0.111. The number of ether oxygens (including phenoxy) is 3. The number of hydrogen-bond donors (Lipinski definition) is 2. The number of rotatable bonds is 4. The molecule has 0 bridgehead atoms. The van der Waals surface area contributed by atoms with Gasteiger partial charge in [-0.3, -0.25) is 0 Å². The molecule has 5 nitrogen and oxygen atoms in total. The maximum atomic E-state index is 10.1. The summed E-state index contributed by atoms with van der Waals surface area (Å²) in [5.41, 5.74) is 2.92. The van der Waals surface area contributed by atoms with Gasteiger partial charge in [-0.2, -0.15) is 0 Å². The molecule has 144 valence electrons. The van der Waals surface area contributed by atoms with Gasteiger partial charge in [-0.15, -0.1) is 0 Å². The molecule has 0 aromatic heterocycles. The lowest BCUT2D eigenvalue weighted by atomic mass is 9.75. The monoisotopic (exact) mass is 378 g/mol. The Hall–Kier alpha value is -3.34. The number of benzene rings is 3. The van der Waals surface area contributed by atoms with Crippen LogP contribution in [-0.2, 0) is 0 Å². The molecule has 1 aliphatic heterocycles. The number of aromatic hydroxyl groups is 2. The van der Waals surface area contributed by atoms with E-state index in [1.54, 1.807) is 38.5 Å². The third kappa shape index (κ3) is 3.09. The summed E-state index contributed by atoms with van der Waals surface area (Å²) in [6.45, 7) is 0.472. The van der Waals surface area contributed by atoms with Crippen LogP contribution in [0.3, 0.4) is 0 Å². The summed E-state index contributed by atoms with van der Waals surface area (Å²) in [7, 11) is 3.16. The second-order valence-corrected chi connectivity index (χ2v) is 6.79. The van der Waals surface area contributed by atoms with E-state index in [0.717, 1.165) is 22.4 Å². The van der Waals surface area contributed by atoms with Crippen LogP contribution in [0.4, 0.5) is 0 Å². The van der Waals surface area contributed by atoms with Gasteiger partial charge in [0.05, 0.1) is 20.8 Å². The maximum Gasteiger partial charge on any atom is 0.130 e. The van der Waals surface area contributed by atoms with Crippen LogP contribution in [0.25, 0.3) is 0 Å². The van der Waals surface area contributed by atoms with Crippen molar-refractivity contribution < 1.29 is 24.4 Å². The van der Waals surface area contributed by atoms with Gasteiger partial charge in [-0.05, 0) is 23.8 Å².